The third-order valence-electron chi connectivity index (χ3n) is 7.18. The first-order valence-corrected chi connectivity index (χ1v) is 11.8. The molecule has 2 saturated heterocycles. The number of rotatable bonds is 6. The van der Waals surface area contributed by atoms with Crippen LogP contribution in [0.25, 0.3) is 0 Å². The second-order valence-corrected chi connectivity index (χ2v) is 9.15. The first-order valence-electron chi connectivity index (χ1n) is 11.8. The van der Waals surface area contributed by atoms with E-state index in [-0.39, 0.29) is 5.82 Å². The van der Waals surface area contributed by atoms with Crippen LogP contribution in [-0.4, -0.2) is 49.1 Å². The molecule has 2 aromatic rings. The maximum atomic E-state index is 13.5. The first kappa shape index (κ1) is 20.0. The summed E-state index contributed by atoms with van der Waals surface area (Å²) >= 11 is 0. The molecule has 2 fully saturated rings. The highest BCUT2D eigenvalue weighted by Gasteiger charge is 2.36. The van der Waals surface area contributed by atoms with Crippen molar-refractivity contribution < 1.29 is 9.13 Å². The number of halogens is 1. The molecule has 0 unspecified atom stereocenters. The fraction of sp³-hybridized carbons (Fsp3) is 0.538. The van der Waals surface area contributed by atoms with E-state index in [1.165, 1.54) is 61.9 Å². The van der Waals surface area contributed by atoms with Crippen molar-refractivity contribution in [3.63, 3.8) is 0 Å². The van der Waals surface area contributed by atoms with Gasteiger partial charge in [-0.15, -0.1) is 0 Å². The maximum absolute atomic E-state index is 13.5. The number of likely N-dealkylation sites (tertiary alicyclic amines) is 1. The highest BCUT2D eigenvalue weighted by atomic mass is 19.1. The Kier molecular flexibility index (Phi) is 6.05. The lowest BCUT2D eigenvalue weighted by Gasteiger charge is -2.37. The average molecular weight is 409 g/mol. The molecule has 3 aliphatic heterocycles. The lowest BCUT2D eigenvalue weighted by atomic mass is 9.81. The van der Waals surface area contributed by atoms with E-state index in [9.17, 15) is 4.39 Å². The van der Waals surface area contributed by atoms with Gasteiger partial charge in [-0.05, 0) is 92.7 Å². The van der Waals surface area contributed by atoms with Gasteiger partial charge in [0.15, 0.2) is 0 Å². The molecule has 4 heteroatoms. The molecule has 2 aromatic carbocycles. The second kappa shape index (κ2) is 9.07. The number of hydrogen-bond acceptors (Lipinski definition) is 3. The summed E-state index contributed by atoms with van der Waals surface area (Å²) in [6, 6.07) is 14.3. The van der Waals surface area contributed by atoms with Gasteiger partial charge in [0.05, 0.1) is 6.61 Å². The van der Waals surface area contributed by atoms with E-state index in [0.29, 0.717) is 12.0 Å². The minimum Gasteiger partial charge on any atom is -0.494 e. The fourth-order valence-electron chi connectivity index (χ4n) is 5.62. The number of hydrogen-bond donors (Lipinski definition) is 0. The fourth-order valence-corrected chi connectivity index (χ4v) is 5.62. The molecule has 0 N–H and O–H groups in total. The lowest BCUT2D eigenvalue weighted by Crippen LogP contribution is -2.34. The average Bonchev–Trinajstić information content (AvgIpc) is 3.26. The van der Waals surface area contributed by atoms with E-state index in [1.807, 2.05) is 12.1 Å². The van der Waals surface area contributed by atoms with Crippen LogP contribution in [-0.2, 0) is 0 Å². The molecule has 0 bridgehead atoms. The molecule has 0 saturated carbocycles. The summed E-state index contributed by atoms with van der Waals surface area (Å²) in [4.78, 5) is 5.18. The Balaban J connectivity index is 1.29. The highest BCUT2D eigenvalue weighted by molar-refractivity contribution is 5.46. The van der Waals surface area contributed by atoms with Gasteiger partial charge in [0.1, 0.15) is 11.6 Å². The number of fused-ring (bicyclic) bond motifs is 3. The monoisotopic (exact) mass is 408 g/mol. The highest BCUT2D eigenvalue weighted by Crippen LogP contribution is 2.45. The summed E-state index contributed by atoms with van der Waals surface area (Å²) in [5, 5.41) is 0. The van der Waals surface area contributed by atoms with Crippen molar-refractivity contribution in [1.29, 1.82) is 0 Å². The zero-order chi connectivity index (χ0) is 20.3. The van der Waals surface area contributed by atoms with E-state index in [2.05, 4.69) is 28.0 Å². The molecule has 0 aromatic heterocycles. The Hall–Kier alpha value is -1.91. The Morgan fingerprint density at radius 3 is 2.57 bits per heavy atom. The predicted molar refractivity (Wildman–Crippen MR) is 119 cm³/mol. The number of nitrogens with zero attached hydrogens (tertiary/aromatic N) is 2. The summed E-state index contributed by atoms with van der Waals surface area (Å²) in [6.45, 7) is 6.61. The van der Waals surface area contributed by atoms with Gasteiger partial charge < -0.3 is 9.64 Å². The first-order chi connectivity index (χ1) is 14.8. The molecule has 0 radical (unpaired) electrons. The van der Waals surface area contributed by atoms with Crippen LogP contribution in [0.2, 0.25) is 0 Å². The van der Waals surface area contributed by atoms with Crippen molar-refractivity contribution >= 4 is 0 Å². The Labute approximate surface area is 179 Å². The van der Waals surface area contributed by atoms with Gasteiger partial charge in [0.2, 0.25) is 0 Å². The summed E-state index contributed by atoms with van der Waals surface area (Å²) in [6.07, 6.45) is 7.64. The molecule has 3 heterocycles. The standard InChI is InChI=1S/C26H33FN2O/c27-21-9-7-20(8-10-21)25-19-29-16-4-6-26(29)24-18-22(11-12-23(24)25)30-17-5-15-28-13-2-1-3-14-28/h7-12,18,25-26H,1-6,13-17,19H2/t25-,26+/m0/s1. The van der Waals surface area contributed by atoms with Gasteiger partial charge in [-0.1, -0.05) is 24.6 Å². The quantitative estimate of drug-likeness (QED) is 0.598. The molecular weight excluding hydrogens is 375 g/mol. The van der Waals surface area contributed by atoms with Gasteiger partial charge in [-0.25, -0.2) is 4.39 Å². The van der Waals surface area contributed by atoms with E-state index in [1.54, 1.807) is 12.1 Å². The van der Waals surface area contributed by atoms with Gasteiger partial charge in [-0.3, -0.25) is 4.90 Å². The van der Waals surface area contributed by atoms with Crippen LogP contribution in [0.1, 0.15) is 67.2 Å². The molecule has 30 heavy (non-hydrogen) atoms. The lowest BCUT2D eigenvalue weighted by molar-refractivity contribution is 0.204. The number of ether oxygens (including phenoxy) is 1. The zero-order valence-electron chi connectivity index (χ0n) is 17.9. The molecule has 0 amide bonds. The van der Waals surface area contributed by atoms with Crippen LogP contribution in [0.3, 0.4) is 0 Å². The molecular formula is C26H33FN2O. The zero-order valence-corrected chi connectivity index (χ0v) is 17.9. The largest absolute Gasteiger partial charge is 0.494 e. The maximum Gasteiger partial charge on any atom is 0.123 e. The molecule has 5 rings (SSSR count). The summed E-state index contributed by atoms with van der Waals surface area (Å²) in [5.41, 5.74) is 4.02. The van der Waals surface area contributed by atoms with Crippen molar-refractivity contribution in [3.8, 4) is 5.75 Å². The molecule has 2 atom stereocenters. The molecule has 3 nitrogen and oxygen atoms in total. The van der Waals surface area contributed by atoms with Crippen molar-refractivity contribution in [3.05, 3.63) is 65.0 Å². The van der Waals surface area contributed by atoms with Gasteiger partial charge in [0, 0.05) is 25.0 Å². The molecule has 0 aliphatic carbocycles. The Morgan fingerprint density at radius 1 is 0.900 bits per heavy atom. The van der Waals surface area contributed by atoms with E-state index in [4.69, 9.17) is 4.74 Å². The van der Waals surface area contributed by atoms with Crippen molar-refractivity contribution in [1.82, 2.24) is 9.80 Å². The van der Waals surface area contributed by atoms with Crippen LogP contribution >= 0.6 is 0 Å². The minimum absolute atomic E-state index is 0.165. The third kappa shape index (κ3) is 4.26. The summed E-state index contributed by atoms with van der Waals surface area (Å²) in [5.74, 6) is 1.14. The van der Waals surface area contributed by atoms with Gasteiger partial charge >= 0.3 is 0 Å². The SMILES string of the molecule is Fc1ccc([C@@H]2CN3CCC[C@@H]3c3cc(OCCCN4CCCCC4)ccc32)cc1. The number of benzene rings is 2. The van der Waals surface area contributed by atoms with Gasteiger partial charge in [0.25, 0.3) is 0 Å². The van der Waals surface area contributed by atoms with Gasteiger partial charge in [-0.2, -0.15) is 0 Å². The molecule has 160 valence electrons. The van der Waals surface area contributed by atoms with E-state index in [0.717, 1.165) is 38.4 Å². The molecule has 3 aliphatic rings. The Bertz CT molecular complexity index is 847. The third-order valence-corrected chi connectivity index (χ3v) is 7.18. The Morgan fingerprint density at radius 2 is 1.73 bits per heavy atom. The van der Waals surface area contributed by atoms with E-state index >= 15 is 0 Å². The van der Waals surface area contributed by atoms with Crippen molar-refractivity contribution in [2.75, 3.05) is 39.3 Å². The topological polar surface area (TPSA) is 15.7 Å². The van der Waals surface area contributed by atoms with Crippen LogP contribution in [0.4, 0.5) is 4.39 Å². The van der Waals surface area contributed by atoms with Crippen molar-refractivity contribution in [2.45, 2.75) is 50.5 Å². The number of piperidine rings is 1. The summed E-state index contributed by atoms with van der Waals surface area (Å²) in [7, 11) is 0. The van der Waals surface area contributed by atoms with Crippen LogP contribution in [0.5, 0.6) is 5.75 Å². The predicted octanol–water partition coefficient (Wildman–Crippen LogP) is 5.36. The summed E-state index contributed by atoms with van der Waals surface area (Å²) < 4.78 is 19.6. The van der Waals surface area contributed by atoms with Crippen LogP contribution < -0.4 is 4.74 Å². The molecule has 0 spiro atoms. The van der Waals surface area contributed by atoms with E-state index < -0.39 is 0 Å². The van der Waals surface area contributed by atoms with Crippen molar-refractivity contribution in [2.24, 2.45) is 0 Å². The smallest absolute Gasteiger partial charge is 0.123 e. The van der Waals surface area contributed by atoms with Crippen LogP contribution in [0.15, 0.2) is 42.5 Å². The minimum atomic E-state index is -0.165. The normalized spacial score (nSPS) is 24.4. The second-order valence-electron chi connectivity index (χ2n) is 9.15. The van der Waals surface area contributed by atoms with Crippen LogP contribution in [0, 0.1) is 5.82 Å².